The molecule has 5 N–H and O–H groups in total. The van der Waals surface area contributed by atoms with Crippen LogP contribution in [0.2, 0.25) is 0 Å². The summed E-state index contributed by atoms with van der Waals surface area (Å²) < 4.78 is 45.1. The van der Waals surface area contributed by atoms with Gasteiger partial charge < -0.3 is 34.6 Å². The van der Waals surface area contributed by atoms with Gasteiger partial charge in [-0.05, 0) is 0 Å². The molecule has 1 rings (SSSR count). The minimum absolute atomic E-state index is 0.0392. The predicted molar refractivity (Wildman–Crippen MR) is 66.9 cm³/mol. The van der Waals surface area contributed by atoms with Crippen LogP contribution in [0.25, 0.3) is 0 Å². The monoisotopic (exact) mass is 332 g/mol. The van der Waals surface area contributed by atoms with Gasteiger partial charge in [-0.15, -0.1) is 0 Å². The number of aliphatic hydroxyl groups is 4. The summed E-state index contributed by atoms with van der Waals surface area (Å²) in [6.45, 7) is -0.348. The smallest absolute Gasteiger partial charge is 0.267 e. The van der Waals surface area contributed by atoms with E-state index in [9.17, 15) is 28.8 Å². The first-order chi connectivity index (χ1) is 9.65. The summed E-state index contributed by atoms with van der Waals surface area (Å²) in [7, 11) is -3.11. The number of hydrogen-bond donors (Lipinski definition) is 5. The first-order valence-electron chi connectivity index (χ1n) is 6.09. The molecule has 21 heavy (non-hydrogen) atoms. The van der Waals surface area contributed by atoms with Crippen molar-refractivity contribution in [1.29, 1.82) is 0 Å². The Kier molecular flexibility index (Phi) is 6.90. The van der Waals surface area contributed by atoms with Crippen LogP contribution in [0.15, 0.2) is 0 Å². The highest BCUT2D eigenvalue weighted by Crippen LogP contribution is 2.23. The highest BCUT2D eigenvalue weighted by Gasteiger charge is 2.45. The van der Waals surface area contributed by atoms with E-state index in [1.54, 1.807) is 0 Å². The Morgan fingerprint density at radius 3 is 2.29 bits per heavy atom. The molecule has 0 spiro atoms. The van der Waals surface area contributed by atoms with Crippen molar-refractivity contribution in [1.82, 2.24) is 0 Å². The maximum Gasteiger partial charge on any atom is 0.267 e. The van der Waals surface area contributed by atoms with Gasteiger partial charge in [-0.3, -0.25) is 4.55 Å². The summed E-state index contributed by atoms with van der Waals surface area (Å²) in [5.74, 6) is -0.974. The minimum Gasteiger partial charge on any atom is -0.388 e. The van der Waals surface area contributed by atoms with Gasteiger partial charge in [0.25, 0.3) is 10.1 Å². The lowest BCUT2D eigenvalue weighted by molar-refractivity contribution is -0.296. The van der Waals surface area contributed by atoms with Crippen LogP contribution in [0.4, 0.5) is 0 Å². The summed E-state index contributed by atoms with van der Waals surface area (Å²) in [6, 6.07) is 0. The molecule has 10 nitrogen and oxygen atoms in total. The normalized spacial score (nSPS) is 35.6. The minimum atomic E-state index is -4.46. The van der Waals surface area contributed by atoms with Crippen LogP contribution in [0, 0.1) is 0 Å². The van der Waals surface area contributed by atoms with Crippen molar-refractivity contribution in [3.8, 4) is 0 Å². The molecule has 1 aliphatic heterocycles. The van der Waals surface area contributed by atoms with Gasteiger partial charge >= 0.3 is 0 Å². The van der Waals surface area contributed by atoms with E-state index in [1.807, 2.05) is 0 Å². The third kappa shape index (κ3) is 5.73. The molecule has 0 radical (unpaired) electrons. The average molecular weight is 332 g/mol. The average Bonchev–Trinajstić information content (AvgIpc) is 2.37. The Labute approximate surface area is 121 Å². The SMILES string of the molecule is COCC(O)CO[C@H]1OC(CS(=O)(=O)O)[C@@H](O)C(O)C1O. The summed E-state index contributed by atoms with van der Waals surface area (Å²) in [5.41, 5.74) is 0. The van der Waals surface area contributed by atoms with E-state index >= 15 is 0 Å². The first kappa shape index (κ1) is 18.7. The molecule has 0 saturated carbocycles. The van der Waals surface area contributed by atoms with Crippen LogP contribution in [-0.2, 0) is 24.3 Å². The molecule has 4 unspecified atom stereocenters. The zero-order chi connectivity index (χ0) is 16.2. The van der Waals surface area contributed by atoms with E-state index in [4.69, 9.17) is 14.0 Å². The molecule has 0 aromatic carbocycles. The van der Waals surface area contributed by atoms with Gasteiger partial charge in [0.15, 0.2) is 6.29 Å². The molecule has 1 heterocycles. The van der Waals surface area contributed by atoms with E-state index in [0.717, 1.165) is 0 Å². The third-order valence-corrected chi connectivity index (χ3v) is 3.61. The van der Waals surface area contributed by atoms with Crippen molar-refractivity contribution in [3.05, 3.63) is 0 Å². The number of rotatable bonds is 7. The molecule has 0 aliphatic carbocycles. The fourth-order valence-electron chi connectivity index (χ4n) is 1.85. The molecule has 11 heteroatoms. The quantitative estimate of drug-likeness (QED) is 0.298. The van der Waals surface area contributed by atoms with Gasteiger partial charge in [-0.2, -0.15) is 8.42 Å². The number of hydrogen-bond acceptors (Lipinski definition) is 9. The lowest BCUT2D eigenvalue weighted by Gasteiger charge is -2.40. The van der Waals surface area contributed by atoms with E-state index < -0.39 is 52.7 Å². The lowest BCUT2D eigenvalue weighted by atomic mass is 10.00. The van der Waals surface area contributed by atoms with Crippen molar-refractivity contribution in [2.24, 2.45) is 0 Å². The Morgan fingerprint density at radius 2 is 1.76 bits per heavy atom. The maximum absolute atomic E-state index is 10.8. The van der Waals surface area contributed by atoms with Crippen LogP contribution in [-0.4, -0.2) is 96.3 Å². The summed E-state index contributed by atoms with van der Waals surface area (Å²) in [6.07, 6.45) is -9.06. The molecule has 1 saturated heterocycles. The second-order valence-corrected chi connectivity index (χ2v) is 6.20. The molecular weight excluding hydrogens is 312 g/mol. The highest BCUT2D eigenvalue weighted by atomic mass is 32.2. The second-order valence-electron chi connectivity index (χ2n) is 4.71. The van der Waals surface area contributed by atoms with E-state index in [2.05, 4.69) is 4.74 Å². The van der Waals surface area contributed by atoms with Gasteiger partial charge in [-0.1, -0.05) is 0 Å². The van der Waals surface area contributed by atoms with Crippen molar-refractivity contribution < 1.29 is 47.6 Å². The molecule has 0 aromatic rings. The van der Waals surface area contributed by atoms with Crippen LogP contribution < -0.4 is 0 Å². The van der Waals surface area contributed by atoms with Gasteiger partial charge in [0.05, 0.1) is 13.2 Å². The largest absolute Gasteiger partial charge is 0.388 e. The molecule has 6 atom stereocenters. The topological polar surface area (TPSA) is 163 Å². The second kappa shape index (κ2) is 7.76. The summed E-state index contributed by atoms with van der Waals surface area (Å²) in [4.78, 5) is 0. The van der Waals surface area contributed by atoms with Crippen molar-refractivity contribution in [3.63, 3.8) is 0 Å². The summed E-state index contributed by atoms with van der Waals surface area (Å²) in [5, 5.41) is 38.3. The van der Waals surface area contributed by atoms with E-state index in [0.29, 0.717) is 0 Å². The molecule has 0 amide bonds. The van der Waals surface area contributed by atoms with Crippen molar-refractivity contribution in [2.45, 2.75) is 36.8 Å². The Balaban J connectivity index is 2.66. The number of ether oxygens (including phenoxy) is 3. The van der Waals surface area contributed by atoms with Gasteiger partial charge in [0, 0.05) is 7.11 Å². The summed E-state index contributed by atoms with van der Waals surface area (Å²) >= 11 is 0. The molecule has 1 fully saturated rings. The zero-order valence-corrected chi connectivity index (χ0v) is 12.1. The Hall–Kier alpha value is -0.370. The lowest BCUT2D eigenvalue weighted by Crippen LogP contribution is -2.60. The third-order valence-electron chi connectivity index (χ3n) is 2.86. The molecule has 0 bridgehead atoms. The number of methoxy groups -OCH3 is 1. The molecule has 126 valence electrons. The van der Waals surface area contributed by atoms with Crippen LogP contribution in [0.3, 0.4) is 0 Å². The van der Waals surface area contributed by atoms with Crippen LogP contribution in [0.1, 0.15) is 0 Å². The van der Waals surface area contributed by atoms with Crippen LogP contribution in [0.5, 0.6) is 0 Å². The molecular formula is C10H20O10S. The predicted octanol–water partition coefficient (Wildman–Crippen LogP) is -3.29. The fraction of sp³-hybridized carbons (Fsp3) is 1.00. The zero-order valence-electron chi connectivity index (χ0n) is 11.3. The Bertz CT molecular complexity index is 412. The van der Waals surface area contributed by atoms with Gasteiger partial charge in [0.1, 0.15) is 36.3 Å². The number of aliphatic hydroxyl groups excluding tert-OH is 4. The van der Waals surface area contributed by atoms with Gasteiger partial charge in [-0.25, -0.2) is 0 Å². The van der Waals surface area contributed by atoms with Crippen LogP contribution >= 0.6 is 0 Å². The first-order valence-corrected chi connectivity index (χ1v) is 7.70. The fourth-order valence-corrected chi connectivity index (χ4v) is 2.54. The standard InChI is InChI=1S/C10H20O10S/c1-18-2-5(11)3-19-10-9(14)8(13)7(12)6(20-10)4-21(15,16)17/h5-14H,2-4H2,1H3,(H,15,16,17)/t5?,6?,7-,8?,9?,10+/m1/s1. The van der Waals surface area contributed by atoms with Crippen molar-refractivity contribution in [2.75, 3.05) is 26.1 Å². The highest BCUT2D eigenvalue weighted by molar-refractivity contribution is 7.85. The Morgan fingerprint density at radius 1 is 1.14 bits per heavy atom. The van der Waals surface area contributed by atoms with Crippen molar-refractivity contribution >= 4 is 10.1 Å². The molecule has 1 aliphatic rings. The van der Waals surface area contributed by atoms with E-state index in [-0.39, 0.29) is 13.2 Å². The van der Waals surface area contributed by atoms with E-state index in [1.165, 1.54) is 7.11 Å². The molecule has 0 aromatic heterocycles. The van der Waals surface area contributed by atoms with Gasteiger partial charge in [0.2, 0.25) is 0 Å². The maximum atomic E-state index is 10.8.